The Bertz CT molecular complexity index is 606. The molecule has 0 spiro atoms. The largest absolute Gasteiger partial charge is 0.368 e. The lowest BCUT2D eigenvalue weighted by Crippen LogP contribution is -2.19. The van der Waals surface area contributed by atoms with Gasteiger partial charge in [-0.2, -0.15) is 15.3 Å². The molecule has 1 aliphatic heterocycles. The van der Waals surface area contributed by atoms with Crippen LogP contribution in [0.25, 0.3) is 0 Å². The molecule has 110 valence electrons. The van der Waals surface area contributed by atoms with Gasteiger partial charge in [-0.1, -0.05) is 0 Å². The normalized spacial score (nSPS) is 14.4. The molecule has 0 unspecified atom stereocenters. The third-order valence-corrected chi connectivity index (χ3v) is 3.04. The lowest BCUT2D eigenvalue weighted by atomic mass is 10.0. The summed E-state index contributed by atoms with van der Waals surface area (Å²) in [6.07, 6.45) is 10.3. The molecule has 0 aromatic carbocycles. The predicted octanol–water partition coefficient (Wildman–Crippen LogP) is 0.663. The molecule has 2 amide bonds. The van der Waals surface area contributed by atoms with Gasteiger partial charge in [0.15, 0.2) is 5.66 Å². The summed E-state index contributed by atoms with van der Waals surface area (Å²) in [5.74, 6) is 1.88. The van der Waals surface area contributed by atoms with Crippen molar-refractivity contribution in [2.45, 2.75) is 37.9 Å². The molecule has 0 radical (unpaired) electrons. The standard InChI is InChI=1S/C13H16N6O2/c1-2-3-5-13(17-18-13)6-4-12(21)16-10-7-15-19(8-10)9-11(14)20/h1,7-8H,3-6,9H2,(H2,14,20)(H,16,21). The van der Waals surface area contributed by atoms with Crippen LogP contribution in [0.3, 0.4) is 0 Å². The van der Waals surface area contributed by atoms with Crippen molar-refractivity contribution in [1.82, 2.24) is 9.78 Å². The second kappa shape index (κ2) is 6.17. The average molecular weight is 288 g/mol. The summed E-state index contributed by atoms with van der Waals surface area (Å²) >= 11 is 0. The number of amides is 2. The Kier molecular flexibility index (Phi) is 4.33. The number of anilines is 1. The van der Waals surface area contributed by atoms with E-state index >= 15 is 0 Å². The van der Waals surface area contributed by atoms with Crippen LogP contribution in [0.15, 0.2) is 22.6 Å². The first-order valence-corrected chi connectivity index (χ1v) is 6.51. The van der Waals surface area contributed by atoms with Gasteiger partial charge in [-0.05, 0) is 0 Å². The van der Waals surface area contributed by atoms with E-state index in [4.69, 9.17) is 12.2 Å². The number of terminal acetylenes is 1. The maximum absolute atomic E-state index is 11.8. The summed E-state index contributed by atoms with van der Waals surface area (Å²) in [6.45, 7) is -0.0250. The van der Waals surface area contributed by atoms with Crippen LogP contribution >= 0.6 is 0 Å². The molecule has 0 bridgehead atoms. The van der Waals surface area contributed by atoms with Crippen LogP contribution in [-0.4, -0.2) is 27.3 Å². The van der Waals surface area contributed by atoms with E-state index in [1.807, 2.05) is 0 Å². The van der Waals surface area contributed by atoms with Crippen LogP contribution in [0.1, 0.15) is 25.7 Å². The highest BCUT2D eigenvalue weighted by Crippen LogP contribution is 2.37. The molecular weight excluding hydrogens is 272 g/mol. The van der Waals surface area contributed by atoms with Gasteiger partial charge in [0.25, 0.3) is 0 Å². The fourth-order valence-electron chi connectivity index (χ4n) is 1.88. The van der Waals surface area contributed by atoms with Gasteiger partial charge in [0.05, 0.1) is 11.9 Å². The Hall–Kier alpha value is -2.69. The lowest BCUT2D eigenvalue weighted by molar-refractivity contribution is -0.118. The van der Waals surface area contributed by atoms with Crippen LogP contribution in [0.4, 0.5) is 5.69 Å². The quantitative estimate of drug-likeness (QED) is 0.685. The number of hydrogen-bond donors (Lipinski definition) is 2. The van der Waals surface area contributed by atoms with E-state index in [1.165, 1.54) is 10.9 Å². The molecule has 0 atom stereocenters. The van der Waals surface area contributed by atoms with Crippen LogP contribution < -0.4 is 11.1 Å². The van der Waals surface area contributed by atoms with Crippen molar-refractivity contribution in [2.75, 3.05) is 5.32 Å². The van der Waals surface area contributed by atoms with Crippen molar-refractivity contribution in [3.05, 3.63) is 12.4 Å². The molecule has 0 aliphatic carbocycles. The summed E-state index contributed by atoms with van der Waals surface area (Å²) in [5.41, 5.74) is 5.11. The number of rotatable bonds is 8. The van der Waals surface area contributed by atoms with Crippen molar-refractivity contribution in [2.24, 2.45) is 16.0 Å². The van der Waals surface area contributed by atoms with Gasteiger partial charge < -0.3 is 11.1 Å². The average Bonchev–Trinajstić information content (AvgIpc) is 3.08. The highest BCUT2D eigenvalue weighted by molar-refractivity contribution is 5.90. The van der Waals surface area contributed by atoms with Crippen molar-refractivity contribution in [3.63, 3.8) is 0 Å². The minimum Gasteiger partial charge on any atom is -0.368 e. The molecule has 1 aromatic rings. The number of hydrogen-bond acceptors (Lipinski definition) is 5. The maximum Gasteiger partial charge on any atom is 0.239 e. The topological polar surface area (TPSA) is 115 Å². The van der Waals surface area contributed by atoms with Gasteiger partial charge >= 0.3 is 0 Å². The summed E-state index contributed by atoms with van der Waals surface area (Å²) in [5, 5.41) is 14.5. The van der Waals surface area contributed by atoms with Gasteiger partial charge in [0, 0.05) is 31.9 Å². The molecule has 8 nitrogen and oxygen atoms in total. The molecule has 2 rings (SSSR count). The molecule has 1 aromatic heterocycles. The number of nitrogens with one attached hydrogen (secondary N) is 1. The van der Waals surface area contributed by atoms with Crippen molar-refractivity contribution >= 4 is 17.5 Å². The van der Waals surface area contributed by atoms with E-state index in [0.717, 1.165) is 0 Å². The van der Waals surface area contributed by atoms with Crippen molar-refractivity contribution in [1.29, 1.82) is 0 Å². The number of nitrogens with two attached hydrogens (primary N) is 1. The molecule has 0 fully saturated rings. The fourth-order valence-corrected chi connectivity index (χ4v) is 1.88. The smallest absolute Gasteiger partial charge is 0.239 e. The molecular formula is C13H16N6O2. The van der Waals surface area contributed by atoms with Crippen LogP contribution in [0.5, 0.6) is 0 Å². The zero-order chi connectivity index (χ0) is 15.3. The second-order valence-corrected chi connectivity index (χ2v) is 4.83. The number of nitrogens with zero attached hydrogens (tertiary/aromatic N) is 4. The molecule has 0 saturated carbocycles. The van der Waals surface area contributed by atoms with Gasteiger partial charge in [0.1, 0.15) is 6.54 Å². The van der Waals surface area contributed by atoms with E-state index in [-0.39, 0.29) is 12.5 Å². The molecule has 21 heavy (non-hydrogen) atoms. The Morgan fingerprint density at radius 2 is 2.19 bits per heavy atom. The van der Waals surface area contributed by atoms with Gasteiger partial charge in [-0.15, -0.1) is 12.3 Å². The molecule has 0 saturated heterocycles. The van der Waals surface area contributed by atoms with E-state index < -0.39 is 11.6 Å². The van der Waals surface area contributed by atoms with Crippen LogP contribution in [0, 0.1) is 12.3 Å². The zero-order valence-electron chi connectivity index (χ0n) is 11.5. The van der Waals surface area contributed by atoms with Gasteiger partial charge in [0.2, 0.25) is 11.8 Å². The summed E-state index contributed by atoms with van der Waals surface area (Å²) < 4.78 is 1.36. The molecule has 1 aliphatic rings. The number of carbonyl (C=O) groups is 2. The lowest BCUT2D eigenvalue weighted by Gasteiger charge is -2.08. The highest BCUT2D eigenvalue weighted by Gasteiger charge is 2.39. The first-order chi connectivity index (χ1) is 10.0. The summed E-state index contributed by atoms with van der Waals surface area (Å²) in [7, 11) is 0. The number of primary amides is 1. The van der Waals surface area contributed by atoms with E-state index in [2.05, 4.69) is 26.6 Å². The van der Waals surface area contributed by atoms with E-state index in [1.54, 1.807) is 6.20 Å². The van der Waals surface area contributed by atoms with Gasteiger partial charge in [-0.25, -0.2) is 0 Å². The minimum absolute atomic E-state index is 0.0250. The van der Waals surface area contributed by atoms with Crippen LogP contribution in [-0.2, 0) is 16.1 Å². The first-order valence-electron chi connectivity index (χ1n) is 6.51. The fraction of sp³-hybridized carbons (Fsp3) is 0.462. The Labute approximate surface area is 121 Å². The maximum atomic E-state index is 11.8. The molecule has 3 N–H and O–H groups in total. The SMILES string of the molecule is C#CCCC1(CCC(=O)Nc2cnn(CC(N)=O)c2)N=N1. The van der Waals surface area contributed by atoms with E-state index in [9.17, 15) is 9.59 Å². The first kappa shape index (κ1) is 14.7. The van der Waals surface area contributed by atoms with Crippen LogP contribution in [0.2, 0.25) is 0 Å². The highest BCUT2D eigenvalue weighted by atomic mass is 16.2. The summed E-state index contributed by atoms with van der Waals surface area (Å²) in [6, 6.07) is 0. The Morgan fingerprint density at radius 3 is 2.81 bits per heavy atom. The number of carbonyl (C=O) groups excluding carboxylic acids is 2. The van der Waals surface area contributed by atoms with E-state index in [0.29, 0.717) is 31.4 Å². The monoisotopic (exact) mass is 288 g/mol. The molecule has 8 heteroatoms. The predicted molar refractivity (Wildman–Crippen MR) is 74.9 cm³/mol. The summed E-state index contributed by atoms with van der Waals surface area (Å²) in [4.78, 5) is 22.6. The Balaban J connectivity index is 1.76. The third-order valence-electron chi connectivity index (χ3n) is 3.04. The van der Waals surface area contributed by atoms with Crippen molar-refractivity contribution < 1.29 is 9.59 Å². The van der Waals surface area contributed by atoms with Gasteiger partial charge in [-0.3, -0.25) is 14.3 Å². The number of aromatic nitrogens is 2. The molecule has 2 heterocycles. The van der Waals surface area contributed by atoms with Crippen molar-refractivity contribution in [3.8, 4) is 12.3 Å². The third kappa shape index (κ3) is 4.42. The second-order valence-electron chi connectivity index (χ2n) is 4.83. The minimum atomic E-state index is -0.497. The Morgan fingerprint density at radius 1 is 1.43 bits per heavy atom. The zero-order valence-corrected chi connectivity index (χ0v) is 11.5.